The lowest BCUT2D eigenvalue weighted by atomic mass is 9.89. The van der Waals surface area contributed by atoms with Crippen molar-refractivity contribution >= 4 is 11.9 Å². The monoisotopic (exact) mass is 291 g/mol. The molecule has 0 bridgehead atoms. The van der Waals surface area contributed by atoms with Crippen molar-refractivity contribution in [2.24, 2.45) is 0 Å². The molecule has 2 N–H and O–H groups in total. The largest absolute Gasteiger partial charge is 0.481 e. The van der Waals surface area contributed by atoms with Gasteiger partial charge in [0.2, 0.25) is 0 Å². The quantitative estimate of drug-likeness (QED) is 0.834. The van der Waals surface area contributed by atoms with Gasteiger partial charge in [-0.05, 0) is 38.3 Å². The highest BCUT2D eigenvalue weighted by Gasteiger charge is 2.34. The number of carbonyl (C=O) groups is 2. The second-order valence-corrected chi connectivity index (χ2v) is 6.33. The van der Waals surface area contributed by atoms with E-state index in [0.717, 1.165) is 11.1 Å². The molecule has 5 heteroatoms. The van der Waals surface area contributed by atoms with E-state index in [0.29, 0.717) is 6.42 Å². The molecule has 0 saturated heterocycles. The fourth-order valence-corrected chi connectivity index (χ4v) is 2.55. The molecule has 0 spiro atoms. The van der Waals surface area contributed by atoms with E-state index >= 15 is 0 Å². The van der Waals surface area contributed by atoms with E-state index < -0.39 is 17.6 Å². The van der Waals surface area contributed by atoms with E-state index in [1.54, 1.807) is 0 Å². The fraction of sp³-hybridized carbons (Fsp3) is 0.500. The van der Waals surface area contributed by atoms with Crippen LogP contribution in [0.5, 0.6) is 0 Å². The van der Waals surface area contributed by atoms with E-state index in [1.165, 1.54) is 0 Å². The van der Waals surface area contributed by atoms with Crippen molar-refractivity contribution < 1.29 is 19.4 Å². The van der Waals surface area contributed by atoms with Crippen LogP contribution in [0.3, 0.4) is 0 Å². The summed E-state index contributed by atoms with van der Waals surface area (Å²) in [5.74, 6) is -1.25. The molecule has 1 aliphatic rings. The maximum Gasteiger partial charge on any atom is 0.328 e. The average molecular weight is 291 g/mol. The van der Waals surface area contributed by atoms with Crippen molar-refractivity contribution in [3.8, 4) is 0 Å². The average Bonchev–Trinajstić information content (AvgIpc) is 2.35. The van der Waals surface area contributed by atoms with Crippen molar-refractivity contribution in [3.63, 3.8) is 0 Å². The molecule has 2 rings (SSSR count). The van der Waals surface area contributed by atoms with Crippen LogP contribution in [0.15, 0.2) is 24.3 Å². The molecule has 0 saturated carbocycles. The molecule has 0 aliphatic carbocycles. The zero-order chi connectivity index (χ0) is 15.6. The molecule has 1 aromatic carbocycles. The maximum atomic E-state index is 12.4. The number of carboxylic acids is 1. The normalized spacial score (nSPS) is 21.5. The molecule has 1 aromatic rings. The number of fused-ring (bicyclic) bond motifs is 1. The molecule has 1 unspecified atom stereocenters. The zero-order valence-corrected chi connectivity index (χ0v) is 12.6. The van der Waals surface area contributed by atoms with Gasteiger partial charge in [-0.15, -0.1) is 0 Å². The Labute approximate surface area is 124 Å². The van der Waals surface area contributed by atoms with Gasteiger partial charge in [0, 0.05) is 6.04 Å². The third-order valence-electron chi connectivity index (χ3n) is 3.30. The smallest absolute Gasteiger partial charge is 0.328 e. The van der Waals surface area contributed by atoms with E-state index in [1.807, 2.05) is 45.0 Å². The lowest BCUT2D eigenvalue weighted by Crippen LogP contribution is -2.45. The van der Waals surface area contributed by atoms with Gasteiger partial charge in [0.05, 0.1) is 6.42 Å². The number of carboxylic acid groups (broad SMARTS) is 1. The topological polar surface area (TPSA) is 75.6 Å². The van der Waals surface area contributed by atoms with Gasteiger partial charge in [-0.25, -0.2) is 4.79 Å². The maximum absolute atomic E-state index is 12.4. The predicted molar refractivity (Wildman–Crippen MR) is 77.9 cm³/mol. The summed E-state index contributed by atoms with van der Waals surface area (Å²) in [7, 11) is 0. The Morgan fingerprint density at radius 1 is 1.33 bits per heavy atom. The minimum atomic E-state index is -0.880. The van der Waals surface area contributed by atoms with Crippen molar-refractivity contribution in [2.75, 3.05) is 0 Å². The highest BCUT2D eigenvalue weighted by atomic mass is 16.6. The van der Waals surface area contributed by atoms with Crippen molar-refractivity contribution in [1.29, 1.82) is 0 Å². The van der Waals surface area contributed by atoms with Crippen LogP contribution >= 0.6 is 0 Å². The van der Waals surface area contributed by atoms with Crippen LogP contribution in [0, 0.1) is 0 Å². The molecule has 5 nitrogen and oxygen atoms in total. The summed E-state index contributed by atoms with van der Waals surface area (Å²) in [5.41, 5.74) is 1.29. The van der Waals surface area contributed by atoms with E-state index in [2.05, 4.69) is 5.32 Å². The molecule has 0 fully saturated rings. The molecule has 1 heterocycles. The summed E-state index contributed by atoms with van der Waals surface area (Å²) in [6.45, 7) is 5.44. The molecular formula is C16H21NO4. The van der Waals surface area contributed by atoms with Crippen LogP contribution < -0.4 is 5.32 Å². The number of rotatable bonds is 3. The summed E-state index contributed by atoms with van der Waals surface area (Å²) < 4.78 is 5.44. The highest BCUT2D eigenvalue weighted by molar-refractivity contribution is 5.79. The summed E-state index contributed by atoms with van der Waals surface area (Å²) >= 11 is 0. The van der Waals surface area contributed by atoms with Gasteiger partial charge in [0.15, 0.2) is 0 Å². The van der Waals surface area contributed by atoms with Crippen LogP contribution in [0.25, 0.3) is 0 Å². The van der Waals surface area contributed by atoms with Gasteiger partial charge in [-0.2, -0.15) is 0 Å². The number of aliphatic carboxylic acids is 1. The number of carbonyl (C=O) groups excluding carboxylic acids is 1. The Kier molecular flexibility index (Phi) is 4.32. The second-order valence-electron chi connectivity index (χ2n) is 6.33. The molecule has 2 atom stereocenters. The first kappa shape index (κ1) is 15.5. The number of ether oxygens (including phenoxy) is 1. The molecule has 21 heavy (non-hydrogen) atoms. The third-order valence-corrected chi connectivity index (χ3v) is 3.30. The Bertz CT molecular complexity index is 547. The molecule has 1 aliphatic heterocycles. The van der Waals surface area contributed by atoms with E-state index in [-0.39, 0.29) is 18.4 Å². The zero-order valence-electron chi connectivity index (χ0n) is 12.6. The van der Waals surface area contributed by atoms with E-state index in [4.69, 9.17) is 9.84 Å². The molecular weight excluding hydrogens is 270 g/mol. The van der Waals surface area contributed by atoms with E-state index in [9.17, 15) is 9.59 Å². The minimum absolute atomic E-state index is 0.0202. The number of hydrogen-bond donors (Lipinski definition) is 2. The predicted octanol–water partition coefficient (Wildman–Crippen LogP) is 2.06. The van der Waals surface area contributed by atoms with Gasteiger partial charge in [0.25, 0.3) is 0 Å². The summed E-state index contributed by atoms with van der Waals surface area (Å²) in [6, 6.07) is 6.70. The first-order valence-electron chi connectivity index (χ1n) is 7.05. The fourth-order valence-electron chi connectivity index (χ4n) is 2.55. The van der Waals surface area contributed by atoms with Crippen molar-refractivity contribution in [3.05, 3.63) is 35.4 Å². The number of benzene rings is 1. The summed E-state index contributed by atoms with van der Waals surface area (Å²) in [5, 5.41) is 12.1. The lowest BCUT2D eigenvalue weighted by Gasteiger charge is -2.33. The van der Waals surface area contributed by atoms with Crippen LogP contribution in [-0.4, -0.2) is 28.7 Å². The van der Waals surface area contributed by atoms with Crippen LogP contribution in [0.1, 0.15) is 44.4 Å². The summed E-state index contributed by atoms with van der Waals surface area (Å²) in [6.07, 6.45) is 0.579. The standard InChI is InChI=1S/C16H21NO4/c1-16(2,3)21-15(20)14-12-7-5-4-6-10(12)8-11(17-14)9-13(18)19/h4-7,11,14,17H,8-9H2,1-3H3,(H,18,19)/t11?,14-/m1/s1. The first-order chi connectivity index (χ1) is 9.76. The molecule has 0 radical (unpaired) electrons. The van der Waals surface area contributed by atoms with Crippen molar-refractivity contribution in [2.45, 2.75) is 51.3 Å². The highest BCUT2D eigenvalue weighted by Crippen LogP contribution is 2.28. The number of hydrogen-bond acceptors (Lipinski definition) is 4. The minimum Gasteiger partial charge on any atom is -0.481 e. The number of esters is 1. The van der Waals surface area contributed by atoms with Crippen LogP contribution in [-0.2, 0) is 20.7 Å². The molecule has 114 valence electrons. The van der Waals surface area contributed by atoms with Gasteiger partial charge in [-0.3, -0.25) is 10.1 Å². The Balaban J connectivity index is 2.26. The van der Waals surface area contributed by atoms with Gasteiger partial charge in [-0.1, -0.05) is 24.3 Å². The number of nitrogens with one attached hydrogen (secondary N) is 1. The van der Waals surface area contributed by atoms with Crippen molar-refractivity contribution in [1.82, 2.24) is 5.32 Å². The van der Waals surface area contributed by atoms with Gasteiger partial charge >= 0.3 is 11.9 Å². The molecule has 0 aromatic heterocycles. The third kappa shape index (κ3) is 4.04. The molecule has 0 amide bonds. The van der Waals surface area contributed by atoms with Gasteiger partial charge < -0.3 is 9.84 Å². The summed E-state index contributed by atoms with van der Waals surface area (Å²) in [4.78, 5) is 23.3. The SMILES string of the molecule is CC(C)(C)OC(=O)[C@@H]1NC(CC(=O)O)Cc2ccccc21. The van der Waals surface area contributed by atoms with Crippen LogP contribution in [0.4, 0.5) is 0 Å². The first-order valence-corrected chi connectivity index (χ1v) is 7.05. The lowest BCUT2D eigenvalue weighted by molar-refractivity contribution is -0.158. The second kappa shape index (κ2) is 5.85. The van der Waals surface area contributed by atoms with Crippen LogP contribution in [0.2, 0.25) is 0 Å². The van der Waals surface area contributed by atoms with Gasteiger partial charge in [0.1, 0.15) is 11.6 Å². The Morgan fingerprint density at radius 2 is 2.00 bits per heavy atom. The Hall–Kier alpha value is -1.88. The Morgan fingerprint density at radius 3 is 2.62 bits per heavy atom.